The van der Waals surface area contributed by atoms with E-state index < -0.39 is 27.7 Å². The first-order valence-electron chi connectivity index (χ1n) is 12.9. The number of carbonyl (C=O) groups excluding carboxylic acids is 1. The molecule has 2 heterocycles. The van der Waals surface area contributed by atoms with Crippen LogP contribution in [-0.2, 0) is 19.6 Å². The molecule has 0 atom stereocenters. The monoisotopic (exact) mass is 658 g/mol. The van der Waals surface area contributed by atoms with Crippen LogP contribution in [-0.4, -0.2) is 85.6 Å². The Balaban J connectivity index is 0.000000493. The number of carboxylic acid groups (broad SMARTS) is 1. The van der Waals surface area contributed by atoms with Crippen LogP contribution in [0.3, 0.4) is 0 Å². The molecule has 5 rings (SSSR count). The first-order valence-corrected chi connectivity index (χ1v) is 15.1. The molecule has 2 aliphatic heterocycles. The van der Waals surface area contributed by atoms with E-state index in [4.69, 9.17) is 15.6 Å². The van der Waals surface area contributed by atoms with Crippen LogP contribution in [0.2, 0.25) is 0 Å². The lowest BCUT2D eigenvalue weighted by molar-refractivity contribution is -0.192. The van der Waals surface area contributed by atoms with Crippen molar-refractivity contribution in [3.8, 4) is 0 Å². The van der Waals surface area contributed by atoms with Gasteiger partial charge in [0.2, 0.25) is 15.9 Å². The number of alkyl halides is 3. The van der Waals surface area contributed by atoms with Gasteiger partial charge in [-0.15, -0.1) is 0 Å². The molecule has 2 fully saturated rings. The molecule has 9 nitrogen and oxygen atoms in total. The third-order valence-electron chi connectivity index (χ3n) is 7.50. The van der Waals surface area contributed by atoms with Crippen LogP contribution in [0.4, 0.5) is 18.9 Å². The SMILES string of the molecule is NC(=O)C1(N2CCN(S(=O)(=O)c3ccc(Br)cc3N3CC=C(c4ccccc4)CC3)CC2)CC1.O=C(O)C(F)(F)F. The van der Waals surface area contributed by atoms with E-state index in [-0.39, 0.29) is 5.91 Å². The minimum atomic E-state index is -5.08. The lowest BCUT2D eigenvalue weighted by Gasteiger charge is -2.38. The van der Waals surface area contributed by atoms with E-state index in [1.54, 1.807) is 16.4 Å². The van der Waals surface area contributed by atoms with E-state index in [1.807, 2.05) is 24.3 Å². The predicted octanol–water partition coefficient (Wildman–Crippen LogP) is 3.70. The summed E-state index contributed by atoms with van der Waals surface area (Å²) >= 11 is 3.52. The van der Waals surface area contributed by atoms with Gasteiger partial charge in [-0.2, -0.15) is 17.5 Å². The van der Waals surface area contributed by atoms with E-state index in [2.05, 4.69) is 43.9 Å². The molecule has 14 heteroatoms. The number of hydrogen-bond acceptors (Lipinski definition) is 6. The minimum absolute atomic E-state index is 0.299. The van der Waals surface area contributed by atoms with Gasteiger partial charge in [-0.25, -0.2) is 13.2 Å². The molecule has 1 aliphatic carbocycles. The maximum atomic E-state index is 13.7. The lowest BCUT2D eigenvalue weighted by atomic mass is 9.99. The van der Waals surface area contributed by atoms with E-state index in [0.29, 0.717) is 37.6 Å². The number of aliphatic carboxylic acids is 1. The van der Waals surface area contributed by atoms with E-state index in [0.717, 1.165) is 36.0 Å². The van der Waals surface area contributed by atoms with E-state index in [9.17, 15) is 26.4 Å². The summed E-state index contributed by atoms with van der Waals surface area (Å²) in [6.07, 6.45) is -0.517. The van der Waals surface area contributed by atoms with Crippen molar-refractivity contribution in [1.82, 2.24) is 9.21 Å². The molecule has 222 valence electrons. The summed E-state index contributed by atoms with van der Waals surface area (Å²) in [5, 5.41) is 7.12. The number of piperazine rings is 1. The number of carboxylic acids is 1. The number of sulfonamides is 1. The van der Waals surface area contributed by atoms with E-state index in [1.165, 1.54) is 11.1 Å². The number of nitrogens with two attached hydrogens (primary N) is 1. The number of benzene rings is 2. The molecule has 0 spiro atoms. The number of primary amides is 1. The zero-order valence-corrected chi connectivity index (χ0v) is 24.4. The van der Waals surface area contributed by atoms with Gasteiger partial charge in [0, 0.05) is 43.7 Å². The van der Waals surface area contributed by atoms with E-state index >= 15 is 0 Å². The van der Waals surface area contributed by atoms with Crippen LogP contribution in [0.25, 0.3) is 5.57 Å². The second-order valence-corrected chi connectivity index (χ2v) is 12.8. The standard InChI is InChI=1S/C25H29BrN4O3S.C2HF3O2/c26-21-6-7-23(22(18-21)28-12-8-20(9-13-28)19-4-2-1-3-5-19)34(32,33)30-16-14-29(15-17-30)25(10-11-25)24(27)31;3-2(4,5)1(6)7/h1-8,18H,9-17H2,(H2,27,31);(H,6,7). The molecule has 1 amide bonds. The number of nitrogens with zero attached hydrogens (tertiary/aromatic N) is 3. The summed E-state index contributed by atoms with van der Waals surface area (Å²) in [6, 6.07) is 15.7. The van der Waals surface area contributed by atoms with Crippen molar-refractivity contribution in [1.29, 1.82) is 0 Å². The molecule has 0 unspecified atom stereocenters. The normalized spacial score (nSPS) is 19.5. The van der Waals surface area contributed by atoms with Crippen molar-refractivity contribution in [2.75, 3.05) is 44.2 Å². The maximum Gasteiger partial charge on any atom is 0.490 e. The highest BCUT2D eigenvalue weighted by Crippen LogP contribution is 2.42. The van der Waals surface area contributed by atoms with Gasteiger partial charge in [0.1, 0.15) is 10.4 Å². The fourth-order valence-corrected chi connectivity index (χ4v) is 7.05. The smallest absolute Gasteiger partial charge is 0.475 e. The van der Waals surface area contributed by atoms with Crippen LogP contribution >= 0.6 is 15.9 Å². The largest absolute Gasteiger partial charge is 0.490 e. The number of rotatable bonds is 6. The summed E-state index contributed by atoms with van der Waals surface area (Å²) < 4.78 is 61.6. The molecule has 0 bridgehead atoms. The molecule has 1 saturated heterocycles. The first kappa shape index (κ1) is 31.0. The number of halogens is 4. The molecule has 0 aromatic heterocycles. The van der Waals surface area contributed by atoms with Crippen LogP contribution in [0.15, 0.2) is 64.0 Å². The summed E-state index contributed by atoms with van der Waals surface area (Å²) in [7, 11) is -3.69. The highest BCUT2D eigenvalue weighted by molar-refractivity contribution is 9.10. The fraction of sp³-hybridized carbons (Fsp3) is 0.407. The number of hydrogen-bond donors (Lipinski definition) is 2. The number of amides is 1. The second kappa shape index (κ2) is 12.1. The van der Waals surface area contributed by atoms with Crippen LogP contribution in [0, 0.1) is 0 Å². The molecular formula is C27H30BrF3N4O5S. The van der Waals surface area contributed by atoms with Crippen molar-refractivity contribution in [3.63, 3.8) is 0 Å². The van der Waals surface area contributed by atoms with Crippen molar-refractivity contribution < 1.29 is 36.3 Å². The fourth-order valence-electron chi connectivity index (χ4n) is 5.09. The highest BCUT2D eigenvalue weighted by Gasteiger charge is 2.54. The van der Waals surface area contributed by atoms with Crippen LogP contribution in [0.5, 0.6) is 0 Å². The van der Waals surface area contributed by atoms with Crippen molar-refractivity contribution in [2.45, 2.75) is 35.9 Å². The Labute approximate surface area is 244 Å². The third kappa shape index (κ3) is 6.93. The van der Waals surface area contributed by atoms with Crippen molar-refractivity contribution in [2.24, 2.45) is 5.73 Å². The van der Waals surface area contributed by atoms with Gasteiger partial charge in [-0.3, -0.25) is 9.69 Å². The molecule has 3 aliphatic rings. The molecule has 2 aromatic carbocycles. The average molecular weight is 660 g/mol. The van der Waals surface area contributed by atoms with Gasteiger partial charge in [-0.05, 0) is 48.6 Å². The van der Waals surface area contributed by atoms with Gasteiger partial charge in [-0.1, -0.05) is 52.3 Å². The van der Waals surface area contributed by atoms with Gasteiger partial charge < -0.3 is 15.7 Å². The Morgan fingerprint density at radius 3 is 2.07 bits per heavy atom. The summed E-state index contributed by atoms with van der Waals surface area (Å²) in [5.41, 5.74) is 8.27. The molecule has 2 aromatic rings. The van der Waals surface area contributed by atoms with Gasteiger partial charge in [0.05, 0.1) is 5.69 Å². The maximum absolute atomic E-state index is 13.7. The average Bonchev–Trinajstić information content (AvgIpc) is 3.76. The Morgan fingerprint density at radius 1 is 0.976 bits per heavy atom. The molecule has 0 radical (unpaired) electrons. The second-order valence-electron chi connectivity index (χ2n) is 9.99. The zero-order valence-electron chi connectivity index (χ0n) is 22.0. The summed E-state index contributed by atoms with van der Waals surface area (Å²) in [6.45, 7) is 3.13. The van der Waals surface area contributed by atoms with Gasteiger partial charge in [0.15, 0.2) is 0 Å². The summed E-state index contributed by atoms with van der Waals surface area (Å²) in [4.78, 5) is 25.3. The third-order valence-corrected chi connectivity index (χ3v) is 9.94. The van der Waals surface area contributed by atoms with Crippen molar-refractivity contribution in [3.05, 3.63) is 64.6 Å². The number of carbonyl (C=O) groups is 2. The zero-order chi connectivity index (χ0) is 30.0. The highest BCUT2D eigenvalue weighted by atomic mass is 79.9. The van der Waals surface area contributed by atoms with Gasteiger partial charge >= 0.3 is 12.1 Å². The number of anilines is 1. The Morgan fingerprint density at radius 2 is 1.59 bits per heavy atom. The minimum Gasteiger partial charge on any atom is -0.475 e. The first-order chi connectivity index (χ1) is 19.3. The molecule has 3 N–H and O–H groups in total. The quantitative estimate of drug-likeness (QED) is 0.485. The van der Waals surface area contributed by atoms with Crippen LogP contribution in [0.1, 0.15) is 24.8 Å². The van der Waals surface area contributed by atoms with Gasteiger partial charge in [0.25, 0.3) is 0 Å². The lowest BCUT2D eigenvalue weighted by Crippen LogP contribution is -2.56. The molecule has 1 saturated carbocycles. The predicted molar refractivity (Wildman–Crippen MR) is 151 cm³/mol. The summed E-state index contributed by atoms with van der Waals surface area (Å²) in [5.74, 6) is -3.06. The Bertz CT molecular complexity index is 1420. The Kier molecular flexibility index (Phi) is 9.16. The molecule has 41 heavy (non-hydrogen) atoms. The van der Waals surface area contributed by atoms with Crippen molar-refractivity contribution >= 4 is 49.1 Å². The van der Waals surface area contributed by atoms with Crippen LogP contribution < -0.4 is 10.6 Å². The topological polar surface area (TPSA) is 124 Å². The molecular weight excluding hydrogens is 629 g/mol. The Hall–Kier alpha value is -2.94.